The SMILES string of the molecule is CCOc1cc(C(=O)NCCCOC)ccc1OCC(=O)O. The Bertz CT molecular complexity index is 503. The predicted octanol–water partition coefficient (Wildman–Crippen LogP) is 1.32. The second-order valence-electron chi connectivity index (χ2n) is 4.38. The van der Waals surface area contributed by atoms with E-state index >= 15 is 0 Å². The van der Waals surface area contributed by atoms with Crippen molar-refractivity contribution in [3.8, 4) is 11.5 Å². The van der Waals surface area contributed by atoms with E-state index in [1.807, 2.05) is 0 Å². The maximum atomic E-state index is 12.0. The fourth-order valence-electron chi connectivity index (χ4n) is 1.70. The third-order valence-electron chi connectivity index (χ3n) is 2.67. The minimum atomic E-state index is -1.08. The molecule has 0 unspecified atom stereocenters. The summed E-state index contributed by atoms with van der Waals surface area (Å²) in [5.74, 6) is -0.683. The van der Waals surface area contributed by atoms with Gasteiger partial charge in [-0.2, -0.15) is 0 Å². The first kappa shape index (κ1) is 17.8. The predicted molar refractivity (Wildman–Crippen MR) is 79.6 cm³/mol. The highest BCUT2D eigenvalue weighted by Gasteiger charge is 2.12. The molecule has 0 saturated carbocycles. The van der Waals surface area contributed by atoms with Gasteiger partial charge in [0.25, 0.3) is 5.91 Å². The topological polar surface area (TPSA) is 94.1 Å². The molecule has 122 valence electrons. The molecule has 1 aromatic carbocycles. The van der Waals surface area contributed by atoms with Crippen molar-refractivity contribution in [3.05, 3.63) is 23.8 Å². The van der Waals surface area contributed by atoms with Gasteiger partial charge in [0, 0.05) is 25.8 Å². The van der Waals surface area contributed by atoms with Crippen molar-refractivity contribution in [1.82, 2.24) is 5.32 Å². The summed E-state index contributed by atoms with van der Waals surface area (Å²) in [6.45, 7) is 2.78. The molecule has 7 nitrogen and oxygen atoms in total. The molecular weight excluding hydrogens is 290 g/mol. The number of nitrogens with one attached hydrogen (secondary N) is 1. The quantitative estimate of drug-likeness (QED) is 0.633. The van der Waals surface area contributed by atoms with Gasteiger partial charge < -0.3 is 24.6 Å². The van der Waals surface area contributed by atoms with Crippen LogP contribution in [0.5, 0.6) is 11.5 Å². The van der Waals surface area contributed by atoms with Crippen LogP contribution in [0.2, 0.25) is 0 Å². The van der Waals surface area contributed by atoms with Gasteiger partial charge in [-0.05, 0) is 31.5 Å². The highest BCUT2D eigenvalue weighted by atomic mass is 16.5. The lowest BCUT2D eigenvalue weighted by atomic mass is 10.2. The number of carboxylic acids is 1. The third kappa shape index (κ3) is 6.01. The van der Waals surface area contributed by atoms with Gasteiger partial charge in [-0.15, -0.1) is 0 Å². The van der Waals surface area contributed by atoms with Gasteiger partial charge in [0.2, 0.25) is 0 Å². The summed E-state index contributed by atoms with van der Waals surface area (Å²) >= 11 is 0. The van der Waals surface area contributed by atoms with Crippen molar-refractivity contribution in [2.45, 2.75) is 13.3 Å². The fourth-order valence-corrected chi connectivity index (χ4v) is 1.70. The van der Waals surface area contributed by atoms with Crippen molar-refractivity contribution in [2.75, 3.05) is 33.5 Å². The Morgan fingerprint density at radius 1 is 1.23 bits per heavy atom. The van der Waals surface area contributed by atoms with Crippen LogP contribution in [0.15, 0.2) is 18.2 Å². The first-order valence-corrected chi connectivity index (χ1v) is 6.97. The Labute approximate surface area is 129 Å². The summed E-state index contributed by atoms with van der Waals surface area (Å²) in [4.78, 5) is 22.5. The molecule has 0 fully saturated rings. The van der Waals surface area contributed by atoms with Gasteiger partial charge >= 0.3 is 5.97 Å². The summed E-state index contributed by atoms with van der Waals surface area (Å²) in [6.07, 6.45) is 0.723. The summed E-state index contributed by atoms with van der Waals surface area (Å²) in [5.41, 5.74) is 0.420. The number of rotatable bonds is 10. The van der Waals surface area contributed by atoms with E-state index in [1.165, 1.54) is 12.1 Å². The van der Waals surface area contributed by atoms with E-state index in [0.717, 1.165) is 6.42 Å². The average Bonchev–Trinajstić information content (AvgIpc) is 2.50. The lowest BCUT2D eigenvalue weighted by molar-refractivity contribution is -0.139. The van der Waals surface area contributed by atoms with E-state index in [9.17, 15) is 9.59 Å². The standard InChI is InChI=1S/C15H21NO6/c1-3-21-13-9-11(15(19)16-7-4-8-20-2)5-6-12(13)22-10-14(17)18/h5-6,9H,3-4,7-8,10H2,1-2H3,(H,16,19)(H,17,18). The van der Waals surface area contributed by atoms with Crippen LogP contribution < -0.4 is 14.8 Å². The molecule has 0 saturated heterocycles. The van der Waals surface area contributed by atoms with Gasteiger partial charge in [0.05, 0.1) is 6.61 Å². The van der Waals surface area contributed by atoms with Crippen LogP contribution in [0.3, 0.4) is 0 Å². The molecule has 0 aromatic heterocycles. The Kier molecular flexibility index (Phi) is 7.77. The number of amides is 1. The largest absolute Gasteiger partial charge is 0.490 e. The van der Waals surface area contributed by atoms with E-state index in [0.29, 0.717) is 36.8 Å². The van der Waals surface area contributed by atoms with E-state index in [-0.39, 0.29) is 5.91 Å². The minimum Gasteiger partial charge on any atom is -0.490 e. The molecular formula is C15H21NO6. The van der Waals surface area contributed by atoms with Crippen molar-refractivity contribution >= 4 is 11.9 Å². The summed E-state index contributed by atoms with van der Waals surface area (Å²) in [5, 5.41) is 11.4. The fraction of sp³-hybridized carbons (Fsp3) is 0.467. The maximum Gasteiger partial charge on any atom is 0.341 e. The van der Waals surface area contributed by atoms with Crippen LogP contribution in [-0.2, 0) is 9.53 Å². The molecule has 22 heavy (non-hydrogen) atoms. The molecule has 0 radical (unpaired) electrons. The molecule has 1 aromatic rings. The highest BCUT2D eigenvalue weighted by molar-refractivity contribution is 5.94. The zero-order chi connectivity index (χ0) is 16.4. The number of hydrogen-bond acceptors (Lipinski definition) is 5. The maximum absolute atomic E-state index is 12.0. The van der Waals surface area contributed by atoms with Gasteiger partial charge in [-0.3, -0.25) is 4.79 Å². The van der Waals surface area contributed by atoms with Crippen LogP contribution >= 0.6 is 0 Å². The Morgan fingerprint density at radius 2 is 2.00 bits per heavy atom. The number of carboxylic acid groups (broad SMARTS) is 1. The van der Waals surface area contributed by atoms with Gasteiger partial charge in [0.15, 0.2) is 18.1 Å². The van der Waals surface area contributed by atoms with Crippen molar-refractivity contribution in [3.63, 3.8) is 0 Å². The molecule has 1 amide bonds. The number of benzene rings is 1. The number of hydrogen-bond donors (Lipinski definition) is 2. The normalized spacial score (nSPS) is 10.1. The van der Waals surface area contributed by atoms with Crippen LogP contribution in [0.4, 0.5) is 0 Å². The zero-order valence-electron chi connectivity index (χ0n) is 12.8. The molecule has 7 heteroatoms. The lowest BCUT2D eigenvalue weighted by Crippen LogP contribution is -2.25. The van der Waals surface area contributed by atoms with Gasteiger partial charge in [-0.1, -0.05) is 0 Å². The van der Waals surface area contributed by atoms with Crippen molar-refractivity contribution in [2.24, 2.45) is 0 Å². The molecule has 0 heterocycles. The van der Waals surface area contributed by atoms with Crippen LogP contribution in [0.25, 0.3) is 0 Å². The highest BCUT2D eigenvalue weighted by Crippen LogP contribution is 2.28. The number of carbonyl (C=O) groups is 2. The van der Waals surface area contributed by atoms with Crippen LogP contribution in [0.1, 0.15) is 23.7 Å². The van der Waals surface area contributed by atoms with Gasteiger partial charge in [-0.25, -0.2) is 4.79 Å². The van der Waals surface area contributed by atoms with E-state index in [2.05, 4.69) is 5.32 Å². The first-order chi connectivity index (χ1) is 10.6. The number of methoxy groups -OCH3 is 1. The van der Waals surface area contributed by atoms with E-state index < -0.39 is 12.6 Å². The van der Waals surface area contributed by atoms with Crippen LogP contribution in [-0.4, -0.2) is 50.5 Å². The van der Waals surface area contributed by atoms with Gasteiger partial charge in [0.1, 0.15) is 0 Å². The monoisotopic (exact) mass is 311 g/mol. The van der Waals surface area contributed by atoms with Crippen LogP contribution in [0, 0.1) is 0 Å². The second kappa shape index (κ2) is 9.62. The third-order valence-corrected chi connectivity index (χ3v) is 2.67. The lowest BCUT2D eigenvalue weighted by Gasteiger charge is -2.12. The Hall–Kier alpha value is -2.28. The zero-order valence-corrected chi connectivity index (χ0v) is 12.8. The Balaban J connectivity index is 2.73. The molecule has 0 aliphatic rings. The summed E-state index contributed by atoms with van der Waals surface area (Å²) in [7, 11) is 1.60. The van der Waals surface area contributed by atoms with Crippen molar-refractivity contribution in [1.29, 1.82) is 0 Å². The Morgan fingerprint density at radius 3 is 2.64 bits per heavy atom. The second-order valence-corrected chi connectivity index (χ2v) is 4.38. The van der Waals surface area contributed by atoms with E-state index in [4.69, 9.17) is 19.3 Å². The molecule has 0 aliphatic heterocycles. The molecule has 0 aliphatic carbocycles. The molecule has 2 N–H and O–H groups in total. The summed E-state index contributed by atoms with van der Waals surface area (Å²) in [6, 6.07) is 4.62. The number of aliphatic carboxylic acids is 1. The molecule has 0 spiro atoms. The average molecular weight is 311 g/mol. The molecule has 1 rings (SSSR count). The first-order valence-electron chi connectivity index (χ1n) is 6.97. The number of carbonyl (C=O) groups excluding carboxylic acids is 1. The van der Waals surface area contributed by atoms with E-state index in [1.54, 1.807) is 20.1 Å². The molecule has 0 bridgehead atoms. The summed E-state index contributed by atoms with van der Waals surface area (Å²) < 4.78 is 15.4. The smallest absolute Gasteiger partial charge is 0.341 e. The van der Waals surface area contributed by atoms with Crippen molar-refractivity contribution < 1.29 is 28.9 Å². The molecule has 0 atom stereocenters. The number of ether oxygens (including phenoxy) is 3. The minimum absolute atomic E-state index is 0.234.